The van der Waals surface area contributed by atoms with Crippen molar-refractivity contribution >= 4 is 5.91 Å². The van der Waals surface area contributed by atoms with Crippen molar-refractivity contribution in [3.63, 3.8) is 0 Å². The minimum atomic E-state index is 0.185. The van der Waals surface area contributed by atoms with Gasteiger partial charge in [-0.15, -0.1) is 0 Å². The van der Waals surface area contributed by atoms with E-state index >= 15 is 0 Å². The first kappa shape index (κ1) is 15.4. The van der Waals surface area contributed by atoms with E-state index in [4.69, 9.17) is 10.5 Å². The van der Waals surface area contributed by atoms with Gasteiger partial charge >= 0.3 is 0 Å². The van der Waals surface area contributed by atoms with Gasteiger partial charge in [0.05, 0.1) is 0 Å². The minimum Gasteiger partial charge on any atom is -0.381 e. The van der Waals surface area contributed by atoms with Gasteiger partial charge in [0.2, 0.25) is 5.91 Å². The SMILES string of the molecule is CC(C)C(CCN)CCC(=O)NC1CCOCC1. The Kier molecular flexibility index (Phi) is 7.28. The Bertz CT molecular complexity index is 238. The Balaban J connectivity index is 2.21. The quantitative estimate of drug-likeness (QED) is 0.728. The van der Waals surface area contributed by atoms with E-state index in [1.807, 2.05) is 0 Å². The fourth-order valence-electron chi connectivity index (χ4n) is 2.48. The largest absolute Gasteiger partial charge is 0.381 e. The second-order valence-corrected chi connectivity index (χ2v) is 5.57. The van der Waals surface area contributed by atoms with Crippen LogP contribution in [0.25, 0.3) is 0 Å². The molecule has 0 aromatic heterocycles. The van der Waals surface area contributed by atoms with E-state index in [2.05, 4.69) is 19.2 Å². The van der Waals surface area contributed by atoms with Gasteiger partial charge in [-0.2, -0.15) is 0 Å². The highest BCUT2D eigenvalue weighted by molar-refractivity contribution is 5.76. The van der Waals surface area contributed by atoms with Crippen LogP contribution in [0.1, 0.15) is 46.0 Å². The van der Waals surface area contributed by atoms with Gasteiger partial charge in [-0.05, 0) is 44.1 Å². The van der Waals surface area contributed by atoms with Gasteiger partial charge in [-0.3, -0.25) is 4.79 Å². The lowest BCUT2D eigenvalue weighted by atomic mass is 9.88. The highest BCUT2D eigenvalue weighted by Gasteiger charge is 2.18. The zero-order valence-electron chi connectivity index (χ0n) is 11.8. The molecule has 1 atom stereocenters. The Morgan fingerprint density at radius 1 is 1.33 bits per heavy atom. The van der Waals surface area contributed by atoms with Gasteiger partial charge in [0.25, 0.3) is 0 Å². The molecular weight excluding hydrogens is 228 g/mol. The molecule has 0 aromatic rings. The first-order valence-corrected chi connectivity index (χ1v) is 7.20. The number of hydrogen-bond acceptors (Lipinski definition) is 3. The van der Waals surface area contributed by atoms with Gasteiger partial charge in [-0.25, -0.2) is 0 Å². The van der Waals surface area contributed by atoms with Crippen molar-refractivity contribution < 1.29 is 9.53 Å². The van der Waals surface area contributed by atoms with Crippen molar-refractivity contribution in [3.05, 3.63) is 0 Å². The lowest BCUT2D eigenvalue weighted by molar-refractivity contribution is -0.122. The van der Waals surface area contributed by atoms with Gasteiger partial charge in [0, 0.05) is 25.7 Å². The minimum absolute atomic E-state index is 0.185. The molecule has 0 bridgehead atoms. The molecule has 1 saturated heterocycles. The molecule has 1 rings (SSSR count). The average molecular weight is 256 g/mol. The molecular formula is C14H28N2O2. The van der Waals surface area contributed by atoms with Crippen LogP contribution in [-0.4, -0.2) is 31.7 Å². The number of carbonyl (C=O) groups excluding carboxylic acids is 1. The summed E-state index contributed by atoms with van der Waals surface area (Å²) in [6, 6.07) is 0.318. The van der Waals surface area contributed by atoms with E-state index in [1.165, 1.54) is 0 Å². The summed E-state index contributed by atoms with van der Waals surface area (Å²) in [7, 11) is 0. The van der Waals surface area contributed by atoms with Gasteiger partial charge < -0.3 is 15.8 Å². The normalized spacial score (nSPS) is 18.9. The van der Waals surface area contributed by atoms with Crippen LogP contribution in [0.5, 0.6) is 0 Å². The molecule has 0 radical (unpaired) electrons. The highest BCUT2D eigenvalue weighted by Crippen LogP contribution is 2.20. The van der Waals surface area contributed by atoms with Gasteiger partial charge in [0.1, 0.15) is 0 Å². The lowest BCUT2D eigenvalue weighted by Gasteiger charge is -2.24. The highest BCUT2D eigenvalue weighted by atomic mass is 16.5. The predicted molar refractivity (Wildman–Crippen MR) is 73.2 cm³/mol. The summed E-state index contributed by atoms with van der Waals surface area (Å²) >= 11 is 0. The molecule has 106 valence electrons. The van der Waals surface area contributed by atoms with Crippen molar-refractivity contribution in [1.82, 2.24) is 5.32 Å². The van der Waals surface area contributed by atoms with E-state index in [1.54, 1.807) is 0 Å². The summed E-state index contributed by atoms with van der Waals surface area (Å²) < 4.78 is 5.28. The van der Waals surface area contributed by atoms with Crippen LogP contribution in [-0.2, 0) is 9.53 Å². The summed E-state index contributed by atoms with van der Waals surface area (Å²) in [5.41, 5.74) is 5.61. The lowest BCUT2D eigenvalue weighted by Crippen LogP contribution is -2.39. The summed E-state index contributed by atoms with van der Waals surface area (Å²) in [5.74, 6) is 1.35. The molecule has 0 aliphatic carbocycles. The zero-order valence-corrected chi connectivity index (χ0v) is 11.8. The molecule has 1 unspecified atom stereocenters. The van der Waals surface area contributed by atoms with Crippen LogP contribution in [0.2, 0.25) is 0 Å². The second-order valence-electron chi connectivity index (χ2n) is 5.57. The van der Waals surface area contributed by atoms with Crippen LogP contribution < -0.4 is 11.1 Å². The molecule has 1 amide bonds. The standard InChI is InChI=1S/C14H28N2O2/c1-11(2)12(5-8-15)3-4-14(17)16-13-6-9-18-10-7-13/h11-13H,3-10,15H2,1-2H3,(H,16,17). The average Bonchev–Trinajstić information content (AvgIpc) is 2.35. The molecule has 0 spiro atoms. The third-order valence-corrected chi connectivity index (χ3v) is 3.81. The number of amides is 1. The topological polar surface area (TPSA) is 64.4 Å². The molecule has 0 saturated carbocycles. The fourth-order valence-corrected chi connectivity index (χ4v) is 2.48. The monoisotopic (exact) mass is 256 g/mol. The van der Waals surface area contributed by atoms with Gasteiger partial charge in [-0.1, -0.05) is 13.8 Å². The Labute approximate surface area is 111 Å². The van der Waals surface area contributed by atoms with Crippen LogP contribution in [0.3, 0.4) is 0 Å². The maximum Gasteiger partial charge on any atom is 0.220 e. The second kappa shape index (κ2) is 8.48. The third-order valence-electron chi connectivity index (χ3n) is 3.81. The Morgan fingerprint density at radius 2 is 2.00 bits per heavy atom. The van der Waals surface area contributed by atoms with Gasteiger partial charge in [0.15, 0.2) is 0 Å². The predicted octanol–water partition coefficient (Wildman–Crippen LogP) is 1.68. The van der Waals surface area contributed by atoms with Crippen molar-refractivity contribution in [1.29, 1.82) is 0 Å². The molecule has 4 nitrogen and oxygen atoms in total. The molecule has 1 heterocycles. The number of nitrogens with two attached hydrogens (primary N) is 1. The summed E-state index contributed by atoms with van der Waals surface area (Å²) in [4.78, 5) is 11.9. The van der Waals surface area contributed by atoms with Crippen LogP contribution in [0.4, 0.5) is 0 Å². The number of rotatable bonds is 7. The Hall–Kier alpha value is -0.610. The number of hydrogen-bond donors (Lipinski definition) is 2. The molecule has 1 fully saturated rings. The molecule has 1 aliphatic heterocycles. The summed E-state index contributed by atoms with van der Waals surface area (Å²) in [5, 5.41) is 3.11. The van der Waals surface area contributed by atoms with E-state index in [0.717, 1.165) is 38.9 Å². The first-order chi connectivity index (χ1) is 8.63. The summed E-state index contributed by atoms with van der Waals surface area (Å²) in [6.07, 6.45) is 4.48. The summed E-state index contributed by atoms with van der Waals surface area (Å²) in [6.45, 7) is 6.66. The van der Waals surface area contributed by atoms with E-state index in [9.17, 15) is 4.79 Å². The van der Waals surface area contributed by atoms with Crippen molar-refractivity contribution in [2.45, 2.75) is 52.0 Å². The van der Waals surface area contributed by atoms with Crippen molar-refractivity contribution in [2.24, 2.45) is 17.6 Å². The number of carbonyl (C=O) groups is 1. The molecule has 3 N–H and O–H groups in total. The first-order valence-electron chi connectivity index (χ1n) is 7.20. The Morgan fingerprint density at radius 3 is 2.56 bits per heavy atom. The zero-order chi connectivity index (χ0) is 13.4. The van der Waals surface area contributed by atoms with Crippen molar-refractivity contribution in [3.8, 4) is 0 Å². The van der Waals surface area contributed by atoms with E-state index < -0.39 is 0 Å². The van der Waals surface area contributed by atoms with Crippen LogP contribution in [0.15, 0.2) is 0 Å². The fraction of sp³-hybridized carbons (Fsp3) is 0.929. The van der Waals surface area contributed by atoms with Crippen molar-refractivity contribution in [2.75, 3.05) is 19.8 Å². The number of ether oxygens (including phenoxy) is 1. The maximum absolute atomic E-state index is 11.9. The smallest absolute Gasteiger partial charge is 0.220 e. The number of nitrogens with one attached hydrogen (secondary N) is 1. The molecule has 1 aliphatic rings. The molecule has 18 heavy (non-hydrogen) atoms. The molecule has 4 heteroatoms. The van der Waals surface area contributed by atoms with E-state index in [0.29, 0.717) is 30.8 Å². The van der Waals surface area contributed by atoms with E-state index in [-0.39, 0.29) is 5.91 Å². The van der Waals surface area contributed by atoms with Crippen LogP contribution >= 0.6 is 0 Å². The third kappa shape index (κ3) is 5.83. The van der Waals surface area contributed by atoms with Crippen LogP contribution in [0, 0.1) is 11.8 Å². The maximum atomic E-state index is 11.9. The molecule has 0 aromatic carbocycles.